The lowest BCUT2D eigenvalue weighted by Gasteiger charge is -2.16. The zero-order valence-corrected chi connectivity index (χ0v) is 16.6. The van der Waals surface area contributed by atoms with Crippen molar-refractivity contribution in [2.45, 2.75) is 26.3 Å². The van der Waals surface area contributed by atoms with Crippen LogP contribution in [0.4, 0.5) is 0 Å². The van der Waals surface area contributed by atoms with Gasteiger partial charge >= 0.3 is 0 Å². The Balaban J connectivity index is 1.98. The van der Waals surface area contributed by atoms with Crippen molar-refractivity contribution in [1.29, 1.82) is 0 Å². The van der Waals surface area contributed by atoms with Gasteiger partial charge in [-0.05, 0) is 52.5 Å². The molecule has 2 aromatic rings. The Hall–Kier alpha value is -2.34. The van der Waals surface area contributed by atoms with Crippen LogP contribution in [0.2, 0.25) is 0 Å². The van der Waals surface area contributed by atoms with Gasteiger partial charge < -0.3 is 14.8 Å². The minimum absolute atomic E-state index is 0.130. The lowest BCUT2D eigenvalue weighted by atomic mass is 10.1. The normalized spacial score (nSPS) is 11.5. The van der Waals surface area contributed by atoms with Crippen molar-refractivity contribution < 1.29 is 19.1 Å². The lowest BCUT2D eigenvalue weighted by molar-refractivity contribution is -0.123. The molecule has 0 spiro atoms. The first-order valence-corrected chi connectivity index (χ1v) is 9.11. The molecule has 0 aliphatic carbocycles. The minimum atomic E-state index is -0.255. The van der Waals surface area contributed by atoms with Gasteiger partial charge in [-0.25, -0.2) is 0 Å². The van der Waals surface area contributed by atoms with E-state index < -0.39 is 0 Å². The molecule has 0 bridgehead atoms. The van der Waals surface area contributed by atoms with Gasteiger partial charge in [-0.2, -0.15) is 0 Å². The molecular weight excluding hydrogens is 398 g/mol. The molecule has 138 valence electrons. The van der Waals surface area contributed by atoms with Crippen LogP contribution in [-0.2, 0) is 11.2 Å². The summed E-state index contributed by atoms with van der Waals surface area (Å²) >= 11 is 3.29. The molecule has 0 aliphatic heterocycles. The van der Waals surface area contributed by atoms with E-state index >= 15 is 0 Å². The van der Waals surface area contributed by atoms with Gasteiger partial charge in [-0.15, -0.1) is 0 Å². The van der Waals surface area contributed by atoms with Gasteiger partial charge in [0.25, 0.3) is 5.91 Å². The first-order chi connectivity index (χ1) is 12.5. The second-order valence-electron chi connectivity index (χ2n) is 5.82. The molecule has 2 rings (SSSR count). The summed E-state index contributed by atoms with van der Waals surface area (Å²) < 4.78 is 11.4. The minimum Gasteiger partial charge on any atom is -0.493 e. The predicted molar refractivity (Wildman–Crippen MR) is 104 cm³/mol. The van der Waals surface area contributed by atoms with Gasteiger partial charge in [0.2, 0.25) is 0 Å². The summed E-state index contributed by atoms with van der Waals surface area (Å²) in [5.41, 5.74) is 2.70. The van der Waals surface area contributed by atoms with Crippen LogP contribution in [0, 0.1) is 0 Å². The molecule has 0 heterocycles. The van der Waals surface area contributed by atoms with E-state index in [0.29, 0.717) is 27.8 Å². The van der Waals surface area contributed by atoms with Crippen LogP contribution in [-0.4, -0.2) is 25.9 Å². The van der Waals surface area contributed by atoms with E-state index in [1.165, 1.54) is 18.7 Å². The Labute approximate surface area is 161 Å². The summed E-state index contributed by atoms with van der Waals surface area (Å²) in [6, 6.07) is 11.2. The van der Waals surface area contributed by atoms with Crippen LogP contribution >= 0.6 is 15.9 Å². The highest BCUT2D eigenvalue weighted by atomic mass is 79.9. The second-order valence-corrected chi connectivity index (χ2v) is 6.67. The van der Waals surface area contributed by atoms with Gasteiger partial charge in [0, 0.05) is 10.0 Å². The van der Waals surface area contributed by atoms with E-state index in [1.54, 1.807) is 6.07 Å². The molecule has 0 unspecified atom stereocenters. The molecule has 0 aromatic heterocycles. The number of amides is 1. The topological polar surface area (TPSA) is 64.6 Å². The van der Waals surface area contributed by atoms with E-state index in [1.807, 2.05) is 19.1 Å². The van der Waals surface area contributed by atoms with E-state index in [2.05, 4.69) is 40.3 Å². The fraction of sp³-hybridized carbons (Fsp3) is 0.300. The van der Waals surface area contributed by atoms with Crippen LogP contribution in [0.1, 0.15) is 41.4 Å². The standard InChI is InChI=1S/C20H22BrNO4/c1-4-14-5-7-15(8-6-14)13(2)22-20(24)12-26-19-9-16(11-23)17(21)10-18(19)25-3/h5-11,13H,4,12H2,1-3H3,(H,22,24)/t13-/m1/s1. The van der Waals surface area contributed by atoms with Gasteiger partial charge in [0.1, 0.15) is 0 Å². The number of carbonyl (C=O) groups is 2. The summed E-state index contributed by atoms with van der Waals surface area (Å²) in [4.78, 5) is 23.2. The van der Waals surface area contributed by atoms with Gasteiger partial charge in [-0.1, -0.05) is 31.2 Å². The molecule has 5 nitrogen and oxygen atoms in total. The summed E-state index contributed by atoms with van der Waals surface area (Å²) in [5.74, 6) is 0.529. The quantitative estimate of drug-likeness (QED) is 0.654. The number of aryl methyl sites for hydroxylation is 1. The molecule has 0 aliphatic rings. The highest BCUT2D eigenvalue weighted by Crippen LogP contribution is 2.32. The Bertz CT molecular complexity index is 774. The molecule has 2 aromatic carbocycles. The molecule has 6 heteroatoms. The number of benzene rings is 2. The van der Waals surface area contributed by atoms with Gasteiger partial charge in [0.15, 0.2) is 24.4 Å². The Morgan fingerprint density at radius 2 is 1.92 bits per heavy atom. The van der Waals surface area contributed by atoms with Crippen LogP contribution in [0.3, 0.4) is 0 Å². The third kappa shape index (κ3) is 5.08. The predicted octanol–water partition coefficient (Wildman–Crippen LogP) is 4.09. The molecule has 26 heavy (non-hydrogen) atoms. The van der Waals surface area contributed by atoms with Gasteiger partial charge in [-0.3, -0.25) is 9.59 Å². The summed E-state index contributed by atoms with van der Waals surface area (Å²) in [6.45, 7) is 3.85. The number of aldehydes is 1. The van der Waals surface area contributed by atoms with Crippen molar-refractivity contribution in [3.8, 4) is 11.5 Å². The highest BCUT2D eigenvalue weighted by molar-refractivity contribution is 9.10. The molecule has 0 saturated carbocycles. The molecular formula is C20H22BrNO4. The first-order valence-electron chi connectivity index (χ1n) is 8.32. The van der Waals surface area contributed by atoms with Crippen molar-refractivity contribution in [2.75, 3.05) is 13.7 Å². The number of hydrogen-bond acceptors (Lipinski definition) is 4. The maximum absolute atomic E-state index is 12.2. The van der Waals surface area contributed by atoms with Crippen molar-refractivity contribution in [3.05, 3.63) is 57.6 Å². The second kappa shape index (κ2) is 9.38. The van der Waals surface area contributed by atoms with E-state index in [4.69, 9.17) is 9.47 Å². The molecule has 1 amide bonds. The fourth-order valence-corrected chi connectivity index (χ4v) is 2.88. The van der Waals surface area contributed by atoms with E-state index in [-0.39, 0.29) is 18.6 Å². The fourth-order valence-electron chi connectivity index (χ4n) is 2.47. The molecule has 1 N–H and O–H groups in total. The third-order valence-electron chi connectivity index (χ3n) is 4.03. The van der Waals surface area contributed by atoms with Crippen molar-refractivity contribution in [3.63, 3.8) is 0 Å². The van der Waals surface area contributed by atoms with Crippen LogP contribution in [0.15, 0.2) is 40.9 Å². The number of rotatable bonds is 8. The number of methoxy groups -OCH3 is 1. The van der Waals surface area contributed by atoms with Crippen molar-refractivity contribution in [1.82, 2.24) is 5.32 Å². The lowest BCUT2D eigenvalue weighted by Crippen LogP contribution is -2.31. The number of ether oxygens (including phenoxy) is 2. The number of hydrogen-bond donors (Lipinski definition) is 1. The van der Waals surface area contributed by atoms with Crippen molar-refractivity contribution >= 4 is 28.1 Å². The molecule has 0 fully saturated rings. The maximum atomic E-state index is 12.2. The summed E-state index contributed by atoms with van der Waals surface area (Å²) in [5, 5.41) is 2.90. The molecule has 0 radical (unpaired) electrons. The van der Waals surface area contributed by atoms with Crippen LogP contribution < -0.4 is 14.8 Å². The molecule has 0 saturated heterocycles. The van der Waals surface area contributed by atoms with E-state index in [9.17, 15) is 9.59 Å². The van der Waals surface area contributed by atoms with Gasteiger partial charge in [0.05, 0.1) is 13.2 Å². The van der Waals surface area contributed by atoms with Crippen molar-refractivity contribution in [2.24, 2.45) is 0 Å². The number of nitrogens with one attached hydrogen (secondary N) is 1. The number of halogens is 1. The SMILES string of the molecule is CCc1ccc([C@@H](C)NC(=O)COc2cc(C=O)c(Br)cc2OC)cc1. The number of carbonyl (C=O) groups excluding carboxylic acids is 2. The highest BCUT2D eigenvalue weighted by Gasteiger charge is 2.14. The zero-order chi connectivity index (χ0) is 19.1. The Kier molecular flexibility index (Phi) is 7.21. The Morgan fingerprint density at radius 3 is 2.50 bits per heavy atom. The summed E-state index contributed by atoms with van der Waals surface area (Å²) in [7, 11) is 1.50. The van der Waals surface area contributed by atoms with E-state index in [0.717, 1.165) is 12.0 Å². The average molecular weight is 420 g/mol. The van der Waals surface area contributed by atoms with Crippen LogP contribution in [0.5, 0.6) is 11.5 Å². The largest absolute Gasteiger partial charge is 0.493 e. The zero-order valence-electron chi connectivity index (χ0n) is 15.0. The maximum Gasteiger partial charge on any atom is 0.258 e. The monoisotopic (exact) mass is 419 g/mol. The Morgan fingerprint density at radius 1 is 1.23 bits per heavy atom. The average Bonchev–Trinajstić information content (AvgIpc) is 2.66. The van der Waals surface area contributed by atoms with Crippen LogP contribution in [0.25, 0.3) is 0 Å². The summed E-state index contributed by atoms with van der Waals surface area (Å²) in [6.07, 6.45) is 1.69. The third-order valence-corrected chi connectivity index (χ3v) is 4.72. The smallest absolute Gasteiger partial charge is 0.258 e. The first kappa shape index (κ1) is 20.0. The molecule has 1 atom stereocenters.